The Kier molecular flexibility index (Phi) is 7.87. The van der Waals surface area contributed by atoms with Crippen LogP contribution in [-0.4, -0.2) is 31.3 Å². The summed E-state index contributed by atoms with van der Waals surface area (Å²) >= 11 is 0. The number of carbonyl (C=O) groups is 2. The maximum Gasteiger partial charge on any atom is 0.426 e. The number of rotatable bonds is 6. The predicted molar refractivity (Wildman–Crippen MR) is 58.5 cm³/mol. The van der Waals surface area contributed by atoms with Crippen molar-refractivity contribution in [1.82, 2.24) is 10.9 Å². The van der Waals surface area contributed by atoms with Crippen LogP contribution in [-0.2, 0) is 14.3 Å². The summed E-state index contributed by atoms with van der Waals surface area (Å²) in [5, 5.41) is 0. The molecule has 0 saturated heterocycles. The van der Waals surface area contributed by atoms with Gasteiger partial charge in [-0.2, -0.15) is 0 Å². The summed E-state index contributed by atoms with van der Waals surface area (Å²) < 4.78 is 9.71. The van der Waals surface area contributed by atoms with Gasteiger partial charge in [0.2, 0.25) is 0 Å². The Morgan fingerprint density at radius 2 is 2.12 bits per heavy atom. The number of hydrazine groups is 1. The normalized spacial score (nSPS) is 11.4. The van der Waals surface area contributed by atoms with E-state index in [1.807, 2.05) is 0 Å². The monoisotopic (exact) mass is 230 g/mol. The molecule has 6 heteroatoms. The summed E-state index contributed by atoms with van der Waals surface area (Å²) in [5.74, 6) is -0.433. The third kappa shape index (κ3) is 6.83. The van der Waals surface area contributed by atoms with Crippen molar-refractivity contribution in [3.05, 3.63) is 12.7 Å². The highest BCUT2D eigenvalue weighted by Crippen LogP contribution is 1.92. The molecule has 1 unspecified atom stereocenters. The first-order valence-corrected chi connectivity index (χ1v) is 5.07. The van der Waals surface area contributed by atoms with Gasteiger partial charge in [-0.25, -0.2) is 10.2 Å². The highest BCUT2D eigenvalue weighted by molar-refractivity contribution is 5.82. The molecule has 0 aliphatic heterocycles. The van der Waals surface area contributed by atoms with Crippen molar-refractivity contribution < 1.29 is 19.1 Å². The standard InChI is InChI=1S/C10H18N2O4/c1-4-6-7-16-8(3)9(13)11-12-10(14)15-5-2/h4,8H,1,5-7H2,2-3H3,(H,11,13)(H,12,14). The van der Waals surface area contributed by atoms with Gasteiger partial charge in [0, 0.05) is 0 Å². The van der Waals surface area contributed by atoms with E-state index in [1.165, 1.54) is 0 Å². The van der Waals surface area contributed by atoms with Crippen LogP contribution in [0.2, 0.25) is 0 Å². The number of ether oxygens (including phenoxy) is 2. The first kappa shape index (κ1) is 14.4. The zero-order chi connectivity index (χ0) is 12.4. The summed E-state index contributed by atoms with van der Waals surface area (Å²) in [5.41, 5.74) is 4.27. The van der Waals surface area contributed by atoms with Crippen LogP contribution in [0.25, 0.3) is 0 Å². The molecular formula is C10H18N2O4. The average Bonchev–Trinajstić information content (AvgIpc) is 2.26. The summed E-state index contributed by atoms with van der Waals surface area (Å²) in [4.78, 5) is 22.1. The molecule has 0 aromatic carbocycles. The molecule has 0 rings (SSSR count). The van der Waals surface area contributed by atoms with Crippen molar-refractivity contribution in [3.63, 3.8) is 0 Å². The Bertz CT molecular complexity index is 243. The summed E-state index contributed by atoms with van der Waals surface area (Å²) in [6.45, 7) is 7.44. The molecule has 0 spiro atoms. The van der Waals surface area contributed by atoms with Crippen LogP contribution in [0.1, 0.15) is 20.3 Å². The molecule has 0 bridgehead atoms. The Balaban J connectivity index is 3.70. The van der Waals surface area contributed by atoms with Crippen molar-refractivity contribution >= 4 is 12.0 Å². The van der Waals surface area contributed by atoms with Gasteiger partial charge in [0.15, 0.2) is 0 Å². The molecule has 0 aromatic heterocycles. The molecule has 0 aliphatic carbocycles. The quantitative estimate of drug-likeness (QED) is 0.401. The fourth-order valence-electron chi connectivity index (χ4n) is 0.785. The fraction of sp³-hybridized carbons (Fsp3) is 0.600. The molecule has 0 radical (unpaired) electrons. The number of nitrogens with one attached hydrogen (secondary N) is 2. The molecule has 2 N–H and O–H groups in total. The lowest BCUT2D eigenvalue weighted by Crippen LogP contribution is -2.46. The van der Waals surface area contributed by atoms with Crippen LogP contribution in [0.4, 0.5) is 4.79 Å². The van der Waals surface area contributed by atoms with Gasteiger partial charge in [-0.3, -0.25) is 10.2 Å². The van der Waals surface area contributed by atoms with E-state index >= 15 is 0 Å². The van der Waals surface area contributed by atoms with Gasteiger partial charge in [0.25, 0.3) is 5.91 Å². The first-order chi connectivity index (χ1) is 7.61. The van der Waals surface area contributed by atoms with E-state index < -0.39 is 18.1 Å². The third-order valence-corrected chi connectivity index (χ3v) is 1.62. The fourth-order valence-corrected chi connectivity index (χ4v) is 0.785. The maximum atomic E-state index is 11.3. The molecule has 0 aliphatic rings. The van der Waals surface area contributed by atoms with E-state index in [4.69, 9.17) is 4.74 Å². The van der Waals surface area contributed by atoms with Crippen molar-refractivity contribution in [2.24, 2.45) is 0 Å². The topological polar surface area (TPSA) is 76.7 Å². The molecule has 16 heavy (non-hydrogen) atoms. The van der Waals surface area contributed by atoms with E-state index in [0.717, 1.165) is 0 Å². The van der Waals surface area contributed by atoms with Crippen LogP contribution in [0.3, 0.4) is 0 Å². The largest absolute Gasteiger partial charge is 0.449 e. The van der Waals surface area contributed by atoms with Crippen molar-refractivity contribution in [1.29, 1.82) is 0 Å². The van der Waals surface area contributed by atoms with Crippen LogP contribution in [0, 0.1) is 0 Å². The van der Waals surface area contributed by atoms with Gasteiger partial charge < -0.3 is 9.47 Å². The Morgan fingerprint density at radius 1 is 1.44 bits per heavy atom. The Morgan fingerprint density at radius 3 is 2.69 bits per heavy atom. The second-order valence-corrected chi connectivity index (χ2v) is 2.93. The Labute approximate surface area is 95.0 Å². The van der Waals surface area contributed by atoms with E-state index in [9.17, 15) is 9.59 Å². The van der Waals surface area contributed by atoms with Gasteiger partial charge in [-0.15, -0.1) is 6.58 Å². The summed E-state index contributed by atoms with van der Waals surface area (Å²) in [6, 6.07) is 0. The highest BCUT2D eigenvalue weighted by atomic mass is 16.6. The summed E-state index contributed by atoms with van der Waals surface area (Å²) in [7, 11) is 0. The number of amides is 2. The molecule has 0 aromatic rings. The molecule has 2 amide bonds. The molecule has 92 valence electrons. The first-order valence-electron chi connectivity index (χ1n) is 5.07. The average molecular weight is 230 g/mol. The predicted octanol–water partition coefficient (Wildman–Crippen LogP) is 0.745. The smallest absolute Gasteiger partial charge is 0.426 e. The molecule has 0 saturated carbocycles. The van der Waals surface area contributed by atoms with Gasteiger partial charge in [0.1, 0.15) is 6.10 Å². The molecule has 6 nitrogen and oxygen atoms in total. The second-order valence-electron chi connectivity index (χ2n) is 2.93. The maximum absolute atomic E-state index is 11.3. The second kappa shape index (κ2) is 8.72. The SMILES string of the molecule is C=CCCOC(C)C(=O)NNC(=O)OCC. The molecular weight excluding hydrogens is 212 g/mol. The molecule has 0 heterocycles. The minimum absolute atomic E-state index is 0.243. The van der Waals surface area contributed by atoms with Gasteiger partial charge >= 0.3 is 6.09 Å². The third-order valence-electron chi connectivity index (χ3n) is 1.62. The minimum Gasteiger partial charge on any atom is -0.449 e. The van der Waals surface area contributed by atoms with Crippen LogP contribution in [0.5, 0.6) is 0 Å². The van der Waals surface area contributed by atoms with E-state index in [2.05, 4.69) is 22.2 Å². The van der Waals surface area contributed by atoms with Crippen molar-refractivity contribution in [2.75, 3.05) is 13.2 Å². The van der Waals surface area contributed by atoms with Crippen LogP contribution >= 0.6 is 0 Å². The van der Waals surface area contributed by atoms with E-state index in [0.29, 0.717) is 13.0 Å². The lowest BCUT2D eigenvalue weighted by molar-refractivity contribution is -0.132. The number of hydrogen-bond donors (Lipinski definition) is 2. The van der Waals surface area contributed by atoms with E-state index in [-0.39, 0.29) is 6.61 Å². The summed E-state index contributed by atoms with van der Waals surface area (Å²) in [6.07, 6.45) is 1.03. The van der Waals surface area contributed by atoms with Gasteiger partial charge in [0.05, 0.1) is 13.2 Å². The van der Waals surface area contributed by atoms with E-state index in [1.54, 1.807) is 19.9 Å². The van der Waals surface area contributed by atoms with Crippen LogP contribution in [0.15, 0.2) is 12.7 Å². The lowest BCUT2D eigenvalue weighted by Gasteiger charge is -2.13. The van der Waals surface area contributed by atoms with Crippen molar-refractivity contribution in [3.8, 4) is 0 Å². The number of carbonyl (C=O) groups excluding carboxylic acids is 2. The molecule has 0 fully saturated rings. The molecule has 1 atom stereocenters. The number of hydrogen-bond acceptors (Lipinski definition) is 4. The van der Waals surface area contributed by atoms with Crippen LogP contribution < -0.4 is 10.9 Å². The van der Waals surface area contributed by atoms with Gasteiger partial charge in [-0.05, 0) is 20.3 Å². The minimum atomic E-state index is -0.700. The highest BCUT2D eigenvalue weighted by Gasteiger charge is 2.13. The zero-order valence-corrected chi connectivity index (χ0v) is 9.62. The Hall–Kier alpha value is -1.56. The van der Waals surface area contributed by atoms with Crippen molar-refractivity contribution in [2.45, 2.75) is 26.4 Å². The van der Waals surface area contributed by atoms with Gasteiger partial charge in [-0.1, -0.05) is 6.08 Å². The lowest BCUT2D eigenvalue weighted by atomic mass is 10.4. The zero-order valence-electron chi connectivity index (χ0n) is 9.62.